The third-order valence-corrected chi connectivity index (χ3v) is 3.83. The highest BCUT2D eigenvalue weighted by Crippen LogP contribution is 2.30. The van der Waals surface area contributed by atoms with Crippen LogP contribution in [0.1, 0.15) is 58.3 Å². The van der Waals surface area contributed by atoms with Crippen molar-refractivity contribution in [2.24, 2.45) is 5.92 Å². The van der Waals surface area contributed by atoms with Gasteiger partial charge in [-0.15, -0.1) is 10.2 Å². The predicted molar refractivity (Wildman–Crippen MR) is 81.8 cm³/mol. The number of hydrogen-bond donors (Lipinski definition) is 1. The summed E-state index contributed by atoms with van der Waals surface area (Å²) in [7, 11) is 0. The Hall–Kier alpha value is -1.59. The van der Waals surface area contributed by atoms with Gasteiger partial charge in [0.25, 0.3) is 0 Å². The van der Waals surface area contributed by atoms with E-state index in [1.807, 2.05) is 4.90 Å². The molecule has 2 amide bonds. The zero-order valence-electron chi connectivity index (χ0n) is 13.4. The molecule has 1 N–H and O–H groups in total. The van der Waals surface area contributed by atoms with Crippen LogP contribution in [0.3, 0.4) is 0 Å². The average molecular weight is 293 g/mol. The van der Waals surface area contributed by atoms with E-state index in [1.54, 1.807) is 6.33 Å². The Morgan fingerprint density at radius 3 is 3.05 bits per heavy atom. The predicted octanol–water partition coefficient (Wildman–Crippen LogP) is 2.58. The smallest absolute Gasteiger partial charge is 0.318 e. The lowest BCUT2D eigenvalue weighted by molar-refractivity contribution is 0.189. The number of aromatic nitrogens is 3. The summed E-state index contributed by atoms with van der Waals surface area (Å²) in [6, 6.07) is 0.0953. The van der Waals surface area contributed by atoms with Crippen molar-refractivity contribution in [3.05, 3.63) is 12.2 Å². The van der Waals surface area contributed by atoms with E-state index in [2.05, 4.69) is 40.9 Å². The second-order valence-electron chi connectivity index (χ2n) is 6.17. The molecule has 0 spiro atoms. The number of urea groups is 1. The minimum atomic E-state index is 0.0325. The summed E-state index contributed by atoms with van der Waals surface area (Å²) in [6.45, 7) is 8.92. The second kappa shape index (κ2) is 7.43. The number of nitrogens with zero attached hydrogens (tertiary/aromatic N) is 4. The molecule has 1 saturated heterocycles. The minimum absolute atomic E-state index is 0.0325. The van der Waals surface area contributed by atoms with Gasteiger partial charge in [0.15, 0.2) is 5.82 Å². The third kappa shape index (κ3) is 3.95. The highest BCUT2D eigenvalue weighted by molar-refractivity contribution is 5.74. The van der Waals surface area contributed by atoms with Crippen molar-refractivity contribution in [1.29, 1.82) is 0 Å². The molecule has 1 fully saturated rings. The van der Waals surface area contributed by atoms with Gasteiger partial charge in [0.1, 0.15) is 6.33 Å². The average Bonchev–Trinajstić information content (AvgIpc) is 3.06. The largest absolute Gasteiger partial charge is 0.338 e. The van der Waals surface area contributed by atoms with E-state index < -0.39 is 0 Å². The van der Waals surface area contributed by atoms with Gasteiger partial charge in [-0.1, -0.05) is 27.2 Å². The quantitative estimate of drug-likeness (QED) is 0.820. The summed E-state index contributed by atoms with van der Waals surface area (Å²) >= 11 is 0. The molecule has 2 rings (SSSR count). The second-order valence-corrected chi connectivity index (χ2v) is 6.17. The van der Waals surface area contributed by atoms with Crippen molar-refractivity contribution in [2.45, 2.75) is 59.0 Å². The molecule has 21 heavy (non-hydrogen) atoms. The van der Waals surface area contributed by atoms with Crippen LogP contribution in [-0.2, 0) is 6.54 Å². The highest BCUT2D eigenvalue weighted by Gasteiger charge is 2.33. The number of rotatable bonds is 6. The monoisotopic (exact) mass is 293 g/mol. The number of unbranched alkanes of at least 4 members (excludes halogenated alkanes) is 1. The molecule has 1 aromatic rings. The zero-order chi connectivity index (χ0) is 15.2. The Bertz CT molecular complexity index is 457. The van der Waals surface area contributed by atoms with Crippen LogP contribution < -0.4 is 5.32 Å². The molecule has 0 saturated carbocycles. The maximum Gasteiger partial charge on any atom is 0.318 e. The van der Waals surface area contributed by atoms with Crippen LogP contribution in [0.5, 0.6) is 0 Å². The maximum atomic E-state index is 12.3. The first kappa shape index (κ1) is 15.8. The topological polar surface area (TPSA) is 63.1 Å². The van der Waals surface area contributed by atoms with Gasteiger partial charge in [-0.05, 0) is 25.2 Å². The van der Waals surface area contributed by atoms with Crippen molar-refractivity contribution < 1.29 is 4.79 Å². The fourth-order valence-corrected chi connectivity index (χ4v) is 2.81. The molecule has 1 atom stereocenters. The lowest BCUT2D eigenvalue weighted by Crippen LogP contribution is -2.40. The van der Waals surface area contributed by atoms with Crippen molar-refractivity contribution in [1.82, 2.24) is 25.0 Å². The number of nitrogens with one attached hydrogen (secondary N) is 1. The summed E-state index contributed by atoms with van der Waals surface area (Å²) in [5, 5.41) is 11.3. The first-order valence-corrected chi connectivity index (χ1v) is 8.05. The minimum Gasteiger partial charge on any atom is -0.338 e. The van der Waals surface area contributed by atoms with Gasteiger partial charge < -0.3 is 14.8 Å². The van der Waals surface area contributed by atoms with E-state index >= 15 is 0 Å². The summed E-state index contributed by atoms with van der Waals surface area (Å²) in [5.41, 5.74) is 0. The molecule has 1 aliphatic rings. The molecule has 118 valence electrons. The van der Waals surface area contributed by atoms with E-state index in [1.165, 1.54) is 0 Å². The molecule has 1 aliphatic heterocycles. The number of likely N-dealkylation sites (tertiary alicyclic amines) is 1. The fourth-order valence-electron chi connectivity index (χ4n) is 2.81. The van der Waals surface area contributed by atoms with E-state index in [-0.39, 0.29) is 12.1 Å². The summed E-state index contributed by atoms with van der Waals surface area (Å²) in [6.07, 6.45) is 5.89. The zero-order valence-corrected chi connectivity index (χ0v) is 13.4. The van der Waals surface area contributed by atoms with Gasteiger partial charge in [-0.3, -0.25) is 0 Å². The van der Waals surface area contributed by atoms with Crippen LogP contribution in [0, 0.1) is 5.92 Å². The molecule has 0 aromatic carbocycles. The Morgan fingerprint density at radius 2 is 2.33 bits per heavy atom. The van der Waals surface area contributed by atoms with E-state index in [9.17, 15) is 4.79 Å². The van der Waals surface area contributed by atoms with Crippen LogP contribution in [0.2, 0.25) is 0 Å². The molecule has 0 bridgehead atoms. The first-order chi connectivity index (χ1) is 10.1. The van der Waals surface area contributed by atoms with Crippen LogP contribution in [0.25, 0.3) is 0 Å². The van der Waals surface area contributed by atoms with Gasteiger partial charge in [0, 0.05) is 19.6 Å². The van der Waals surface area contributed by atoms with Gasteiger partial charge in [-0.25, -0.2) is 4.79 Å². The standard InChI is InChI=1S/C15H27N5O/c1-4-5-8-16-15(21)20-9-6-7-13(20)14-18-17-11-19(14)10-12(2)3/h11-13H,4-10H2,1-3H3,(H,16,21). The van der Waals surface area contributed by atoms with Crippen molar-refractivity contribution in [3.63, 3.8) is 0 Å². The molecule has 6 heteroatoms. The summed E-state index contributed by atoms with van der Waals surface area (Å²) in [4.78, 5) is 14.2. The van der Waals surface area contributed by atoms with Crippen molar-refractivity contribution in [2.75, 3.05) is 13.1 Å². The molecule has 1 unspecified atom stereocenters. The van der Waals surface area contributed by atoms with Crippen molar-refractivity contribution in [3.8, 4) is 0 Å². The molecular formula is C15H27N5O. The SMILES string of the molecule is CCCCNC(=O)N1CCCC1c1nncn1CC(C)C. The Labute approximate surface area is 126 Å². The van der Waals surface area contributed by atoms with E-state index in [0.29, 0.717) is 5.92 Å². The van der Waals surface area contributed by atoms with E-state index in [0.717, 1.165) is 51.1 Å². The fraction of sp³-hybridized carbons (Fsp3) is 0.800. The third-order valence-electron chi connectivity index (χ3n) is 3.83. The molecular weight excluding hydrogens is 266 g/mol. The lowest BCUT2D eigenvalue weighted by Gasteiger charge is -2.25. The summed E-state index contributed by atoms with van der Waals surface area (Å²) < 4.78 is 2.09. The molecule has 1 aromatic heterocycles. The lowest BCUT2D eigenvalue weighted by atomic mass is 10.2. The van der Waals surface area contributed by atoms with Gasteiger partial charge in [0.05, 0.1) is 6.04 Å². The number of carbonyl (C=O) groups is 1. The highest BCUT2D eigenvalue weighted by atomic mass is 16.2. The Balaban J connectivity index is 2.04. The number of hydrogen-bond acceptors (Lipinski definition) is 3. The van der Waals surface area contributed by atoms with Crippen molar-refractivity contribution >= 4 is 6.03 Å². The normalized spacial score (nSPS) is 18.5. The Kier molecular flexibility index (Phi) is 5.59. The number of carbonyl (C=O) groups excluding carboxylic acids is 1. The number of amides is 2. The molecule has 2 heterocycles. The maximum absolute atomic E-state index is 12.3. The van der Waals surface area contributed by atoms with E-state index in [4.69, 9.17) is 0 Å². The Morgan fingerprint density at radius 1 is 1.52 bits per heavy atom. The van der Waals surface area contributed by atoms with Crippen LogP contribution in [-0.4, -0.2) is 38.8 Å². The van der Waals surface area contributed by atoms with Crippen LogP contribution in [0.4, 0.5) is 4.79 Å². The summed E-state index contributed by atoms with van der Waals surface area (Å²) in [5.74, 6) is 1.46. The molecule has 6 nitrogen and oxygen atoms in total. The van der Waals surface area contributed by atoms with Crippen LogP contribution in [0.15, 0.2) is 6.33 Å². The van der Waals surface area contributed by atoms with Gasteiger partial charge >= 0.3 is 6.03 Å². The molecule has 0 aliphatic carbocycles. The van der Waals surface area contributed by atoms with Gasteiger partial charge in [0.2, 0.25) is 0 Å². The van der Waals surface area contributed by atoms with Crippen LogP contribution >= 0.6 is 0 Å². The first-order valence-electron chi connectivity index (χ1n) is 8.05. The molecule has 0 radical (unpaired) electrons. The van der Waals surface area contributed by atoms with Gasteiger partial charge in [-0.2, -0.15) is 0 Å².